The number of ketones is 1. The van der Waals surface area contributed by atoms with Crippen LogP contribution in [0.4, 0.5) is 8.63 Å². The standard InChI is InChI=1S/C20H15BF2O3/c1-24-16-10-6-14(7-11-16)8-12-18-20-17-5-3-2-4-15(17)9-13-19(20)26-21(22,23)25-18/h2-13H,1H3/b12-8+. The number of rotatable bonds is 3. The third kappa shape index (κ3) is 3.06. The average Bonchev–Trinajstić information content (AvgIpc) is 2.65. The largest absolute Gasteiger partial charge is 0.995 e. The monoisotopic (exact) mass is 352 g/mol. The predicted molar refractivity (Wildman–Crippen MR) is 98.9 cm³/mol. The molecule has 1 aliphatic heterocycles. The number of carbonyl (C=O) groups excluding carboxylic acids is 1. The van der Waals surface area contributed by atoms with Gasteiger partial charge >= 0.3 is 7.11 Å². The first-order valence-electron chi connectivity index (χ1n) is 8.15. The summed E-state index contributed by atoms with van der Waals surface area (Å²) < 4.78 is 42.6. The first-order chi connectivity index (χ1) is 12.6. The van der Waals surface area contributed by atoms with E-state index >= 15 is 0 Å². The molecule has 0 unspecified atom stereocenters. The summed E-state index contributed by atoms with van der Waals surface area (Å²) in [6.45, 7) is 0. The third-order valence-electron chi connectivity index (χ3n) is 4.21. The molecule has 1 heterocycles. The Morgan fingerprint density at radius 1 is 0.962 bits per heavy atom. The van der Waals surface area contributed by atoms with Crippen molar-refractivity contribution in [3.8, 4) is 11.5 Å². The smallest absolute Gasteiger partial charge is 0.569 e. The second kappa shape index (κ2) is 6.30. The Kier molecular flexibility index (Phi) is 3.95. The summed E-state index contributed by atoms with van der Waals surface area (Å²) in [5, 5.41) is 1.72. The highest BCUT2D eigenvalue weighted by Crippen LogP contribution is 2.35. The lowest BCUT2D eigenvalue weighted by Crippen LogP contribution is -2.35. The number of methoxy groups -OCH3 is 1. The van der Waals surface area contributed by atoms with Gasteiger partial charge in [-0.05, 0) is 35.2 Å². The Labute approximate surface area is 149 Å². The number of benzene rings is 3. The molecule has 3 aromatic rings. The fraction of sp³-hybridized carbons (Fsp3) is 0.0500. The van der Waals surface area contributed by atoms with Crippen LogP contribution in [0.1, 0.15) is 15.5 Å². The van der Waals surface area contributed by atoms with Crippen molar-refractivity contribution in [2.75, 3.05) is 7.11 Å². The van der Waals surface area contributed by atoms with E-state index in [1.807, 2.05) is 36.4 Å². The van der Waals surface area contributed by atoms with E-state index in [1.54, 1.807) is 43.5 Å². The van der Waals surface area contributed by atoms with Gasteiger partial charge in [0.05, 0.1) is 12.9 Å². The Balaban J connectivity index is 1.80. The van der Waals surface area contributed by atoms with Crippen LogP contribution < -0.4 is 9.39 Å². The third-order valence-corrected chi connectivity index (χ3v) is 4.21. The van der Waals surface area contributed by atoms with E-state index in [1.165, 1.54) is 0 Å². The molecule has 26 heavy (non-hydrogen) atoms. The highest BCUT2D eigenvalue weighted by molar-refractivity contribution is 6.52. The van der Waals surface area contributed by atoms with Crippen LogP contribution in [0.2, 0.25) is 0 Å². The van der Waals surface area contributed by atoms with Crippen LogP contribution in [-0.2, 0) is 0 Å². The van der Waals surface area contributed by atoms with Crippen molar-refractivity contribution < 1.29 is 22.4 Å². The summed E-state index contributed by atoms with van der Waals surface area (Å²) in [5.74, 6) is 0.932. The van der Waals surface area contributed by atoms with E-state index in [0.29, 0.717) is 5.56 Å². The zero-order chi connectivity index (χ0) is 18.1. The van der Waals surface area contributed by atoms with Crippen molar-refractivity contribution in [3.05, 3.63) is 77.9 Å². The fourth-order valence-electron chi connectivity index (χ4n) is 2.99. The predicted octanol–water partition coefficient (Wildman–Crippen LogP) is 5.05. The number of halogens is 2. The molecule has 0 radical (unpaired) electrons. The van der Waals surface area contributed by atoms with Gasteiger partial charge in [0.25, 0.3) is 5.78 Å². The maximum Gasteiger partial charge on any atom is 0.995 e. The van der Waals surface area contributed by atoms with Crippen molar-refractivity contribution in [1.82, 2.24) is 0 Å². The Morgan fingerprint density at radius 3 is 2.50 bits per heavy atom. The lowest BCUT2D eigenvalue weighted by molar-refractivity contribution is -0.180. The normalized spacial score (nSPS) is 15.4. The topological polar surface area (TPSA) is 29.8 Å². The molecule has 0 amide bonds. The van der Waals surface area contributed by atoms with Gasteiger partial charge in [0.15, 0.2) is 0 Å². The number of hydrogen-bond acceptors (Lipinski definition) is 2. The van der Waals surface area contributed by atoms with E-state index in [4.69, 9.17) is 13.7 Å². The highest BCUT2D eigenvalue weighted by Gasteiger charge is 2.53. The van der Waals surface area contributed by atoms with Gasteiger partial charge in [-0.3, -0.25) is 0 Å². The lowest BCUT2D eigenvalue weighted by atomic mass is 9.96. The van der Waals surface area contributed by atoms with Crippen LogP contribution in [0.15, 0.2) is 66.7 Å². The summed E-state index contributed by atoms with van der Waals surface area (Å²) in [6.07, 6.45) is 3.27. The molecule has 130 valence electrons. The second-order valence-electron chi connectivity index (χ2n) is 5.90. The quantitative estimate of drug-likeness (QED) is 0.375. The molecule has 0 spiro atoms. The van der Waals surface area contributed by atoms with E-state index in [9.17, 15) is 8.63 Å². The minimum atomic E-state index is -4.41. The molecule has 0 bridgehead atoms. The van der Waals surface area contributed by atoms with E-state index in [0.717, 1.165) is 22.1 Å². The summed E-state index contributed by atoms with van der Waals surface area (Å²) in [7, 11) is -2.82. The first kappa shape index (κ1) is 16.3. The molecule has 4 rings (SSSR count). The van der Waals surface area contributed by atoms with Gasteiger partial charge in [0, 0.05) is 11.5 Å². The molecule has 0 saturated carbocycles. The van der Waals surface area contributed by atoms with E-state index in [2.05, 4.69) is 0 Å². The summed E-state index contributed by atoms with van der Waals surface area (Å²) in [6, 6.07) is 18.1. The second-order valence-corrected chi connectivity index (χ2v) is 5.90. The van der Waals surface area contributed by atoms with Crippen molar-refractivity contribution >= 4 is 29.7 Å². The molecule has 0 saturated heterocycles. The molecule has 1 aliphatic rings. The molecule has 0 aliphatic carbocycles. The van der Waals surface area contributed by atoms with Crippen molar-refractivity contribution in [1.29, 1.82) is 0 Å². The van der Waals surface area contributed by atoms with Crippen LogP contribution in [-0.4, -0.2) is 20.0 Å². The highest BCUT2D eigenvalue weighted by atomic mass is 19.3. The number of hydrogen-bond donors (Lipinski definition) is 0. The van der Waals surface area contributed by atoms with Crippen LogP contribution in [0.5, 0.6) is 11.5 Å². The van der Waals surface area contributed by atoms with Crippen LogP contribution in [0.25, 0.3) is 16.8 Å². The zero-order valence-electron chi connectivity index (χ0n) is 14.0. The van der Waals surface area contributed by atoms with E-state index in [-0.39, 0.29) is 11.5 Å². The van der Waals surface area contributed by atoms with Gasteiger partial charge in [-0.15, -0.1) is 0 Å². The molecule has 0 fully saturated rings. The molecule has 0 atom stereocenters. The Morgan fingerprint density at radius 2 is 1.73 bits per heavy atom. The summed E-state index contributed by atoms with van der Waals surface area (Å²) in [5.41, 5.74) is 1.37. The molecular weight excluding hydrogens is 337 g/mol. The molecule has 3 aromatic carbocycles. The van der Waals surface area contributed by atoms with Crippen molar-refractivity contribution in [2.24, 2.45) is 0 Å². The molecule has 3 nitrogen and oxygen atoms in total. The maximum absolute atomic E-state index is 13.9. The van der Waals surface area contributed by atoms with Gasteiger partial charge in [0.2, 0.25) is 0 Å². The van der Waals surface area contributed by atoms with E-state index < -0.39 is 7.11 Å². The zero-order valence-corrected chi connectivity index (χ0v) is 14.0. The van der Waals surface area contributed by atoms with Crippen LogP contribution >= 0.6 is 0 Å². The average molecular weight is 352 g/mol. The van der Waals surface area contributed by atoms with Crippen LogP contribution in [0, 0.1) is 0 Å². The van der Waals surface area contributed by atoms with Crippen LogP contribution in [0.3, 0.4) is 0 Å². The van der Waals surface area contributed by atoms with Gasteiger partial charge in [0.1, 0.15) is 11.3 Å². The van der Waals surface area contributed by atoms with Crippen molar-refractivity contribution in [2.45, 2.75) is 0 Å². The van der Waals surface area contributed by atoms with Gasteiger partial charge in [-0.25, -0.2) is 0 Å². The molecule has 6 heteroatoms. The first-order valence-corrected chi connectivity index (χ1v) is 8.15. The number of ether oxygens (including phenoxy) is 1. The van der Waals surface area contributed by atoms with Crippen molar-refractivity contribution in [3.63, 3.8) is 0 Å². The minimum absolute atomic E-state index is 0.0869. The molecule has 0 aromatic heterocycles. The lowest BCUT2D eigenvalue weighted by Gasteiger charge is -2.21. The Bertz CT molecular complexity index is 1030. The van der Waals surface area contributed by atoms with Gasteiger partial charge in [-0.1, -0.05) is 42.5 Å². The number of fused-ring (bicyclic) bond motifs is 3. The van der Waals surface area contributed by atoms with Gasteiger partial charge in [-0.2, -0.15) is 0 Å². The maximum atomic E-state index is 13.9. The Hall–Kier alpha value is -3.15. The number of allylic oxidation sites excluding steroid dienone is 1. The fourth-order valence-corrected chi connectivity index (χ4v) is 2.99. The van der Waals surface area contributed by atoms with Gasteiger partial charge < -0.3 is 22.4 Å². The summed E-state index contributed by atoms with van der Waals surface area (Å²) >= 11 is 0. The molecule has 0 N–H and O–H groups in total. The summed E-state index contributed by atoms with van der Waals surface area (Å²) in [4.78, 5) is 0. The minimum Gasteiger partial charge on any atom is -0.569 e. The SMILES string of the molecule is COc1ccc(/C=C/C2=[O+][B-](F)(F)Oc3ccc4ccccc4c32)cc1. The molecular formula is C20H15BF2O3.